The SMILES string of the molecule is CCn1cc(COc2ccccc2NC(C#N)=C(C#N)C#N)cn1. The molecule has 7 nitrogen and oxygen atoms in total. The van der Waals surface area contributed by atoms with Gasteiger partial charge in [-0.25, -0.2) is 0 Å². The van der Waals surface area contributed by atoms with Gasteiger partial charge in [-0.2, -0.15) is 20.9 Å². The highest BCUT2D eigenvalue weighted by atomic mass is 16.5. The summed E-state index contributed by atoms with van der Waals surface area (Å²) in [5.74, 6) is 0.504. The molecule has 0 radical (unpaired) electrons. The summed E-state index contributed by atoms with van der Waals surface area (Å²) in [5, 5.41) is 33.9. The van der Waals surface area contributed by atoms with E-state index in [4.69, 9.17) is 20.5 Å². The molecule has 24 heavy (non-hydrogen) atoms. The van der Waals surface area contributed by atoms with Crippen LogP contribution in [0, 0.1) is 34.0 Å². The fourth-order valence-corrected chi connectivity index (χ4v) is 1.93. The summed E-state index contributed by atoms with van der Waals surface area (Å²) in [6.45, 7) is 3.09. The molecular formula is C17H14N6O. The van der Waals surface area contributed by atoms with Crippen LogP contribution in [0.25, 0.3) is 0 Å². The molecule has 0 unspecified atom stereocenters. The minimum Gasteiger partial charge on any atom is -0.487 e. The van der Waals surface area contributed by atoms with Gasteiger partial charge in [0, 0.05) is 18.3 Å². The normalized spacial score (nSPS) is 9.25. The van der Waals surface area contributed by atoms with Gasteiger partial charge in [0.1, 0.15) is 36.3 Å². The van der Waals surface area contributed by atoms with Crippen LogP contribution in [-0.4, -0.2) is 9.78 Å². The Morgan fingerprint density at radius 1 is 1.21 bits per heavy atom. The molecule has 0 aliphatic rings. The molecule has 0 amide bonds. The minimum absolute atomic E-state index is 0.116. The predicted octanol–water partition coefficient (Wildman–Crippen LogP) is 2.72. The second kappa shape index (κ2) is 8.03. The fraction of sp³-hybridized carbons (Fsp3) is 0.176. The molecule has 0 bridgehead atoms. The van der Waals surface area contributed by atoms with E-state index >= 15 is 0 Å². The fourth-order valence-electron chi connectivity index (χ4n) is 1.93. The van der Waals surface area contributed by atoms with Gasteiger partial charge in [0.15, 0.2) is 5.57 Å². The number of aromatic nitrogens is 2. The van der Waals surface area contributed by atoms with Crippen molar-refractivity contribution in [3.63, 3.8) is 0 Å². The van der Waals surface area contributed by atoms with Crippen molar-refractivity contribution in [1.29, 1.82) is 15.8 Å². The van der Waals surface area contributed by atoms with Crippen LogP contribution in [0.5, 0.6) is 5.75 Å². The maximum atomic E-state index is 9.12. The third-order valence-electron chi connectivity index (χ3n) is 3.14. The van der Waals surface area contributed by atoms with Crippen molar-refractivity contribution in [2.75, 3.05) is 5.32 Å². The average Bonchev–Trinajstić information content (AvgIpc) is 3.09. The molecule has 2 aromatic rings. The summed E-state index contributed by atoms with van der Waals surface area (Å²) >= 11 is 0. The number of nitriles is 3. The number of para-hydroxylation sites is 2. The molecule has 0 atom stereocenters. The van der Waals surface area contributed by atoms with E-state index in [-0.39, 0.29) is 11.3 Å². The summed E-state index contributed by atoms with van der Waals surface area (Å²) in [5.41, 5.74) is 1.02. The summed E-state index contributed by atoms with van der Waals surface area (Å²) in [7, 11) is 0. The number of hydrogen-bond acceptors (Lipinski definition) is 6. The quantitative estimate of drug-likeness (QED) is 0.820. The lowest BCUT2D eigenvalue weighted by Crippen LogP contribution is -2.03. The molecule has 1 N–H and O–H groups in total. The van der Waals surface area contributed by atoms with Crippen LogP contribution in [0.15, 0.2) is 47.9 Å². The van der Waals surface area contributed by atoms with Crippen LogP contribution in [0.3, 0.4) is 0 Å². The van der Waals surface area contributed by atoms with E-state index in [1.54, 1.807) is 47.3 Å². The Morgan fingerprint density at radius 3 is 2.58 bits per heavy atom. The molecule has 0 fully saturated rings. The Balaban J connectivity index is 2.19. The van der Waals surface area contributed by atoms with Gasteiger partial charge in [0.25, 0.3) is 0 Å². The van der Waals surface area contributed by atoms with Crippen LogP contribution in [0.4, 0.5) is 5.69 Å². The van der Waals surface area contributed by atoms with Crippen molar-refractivity contribution >= 4 is 5.69 Å². The number of nitrogens with zero attached hydrogens (tertiary/aromatic N) is 5. The first kappa shape index (κ1) is 16.6. The lowest BCUT2D eigenvalue weighted by atomic mass is 10.2. The summed E-state index contributed by atoms with van der Waals surface area (Å²) in [6, 6.07) is 12.2. The van der Waals surface area contributed by atoms with E-state index in [0.717, 1.165) is 12.1 Å². The molecule has 1 heterocycles. The zero-order valence-electron chi connectivity index (χ0n) is 13.0. The molecule has 118 valence electrons. The van der Waals surface area contributed by atoms with Crippen molar-refractivity contribution in [2.24, 2.45) is 0 Å². The van der Waals surface area contributed by atoms with Crippen LogP contribution in [0.1, 0.15) is 12.5 Å². The van der Waals surface area contributed by atoms with E-state index in [1.807, 2.05) is 19.2 Å². The van der Waals surface area contributed by atoms with Gasteiger partial charge in [-0.3, -0.25) is 4.68 Å². The Labute approximate surface area is 139 Å². The minimum atomic E-state index is -0.281. The van der Waals surface area contributed by atoms with Crippen molar-refractivity contribution in [1.82, 2.24) is 9.78 Å². The second-order valence-electron chi connectivity index (χ2n) is 4.70. The van der Waals surface area contributed by atoms with Gasteiger partial charge >= 0.3 is 0 Å². The van der Waals surface area contributed by atoms with Gasteiger partial charge < -0.3 is 10.1 Å². The smallest absolute Gasteiger partial charge is 0.163 e. The number of aryl methyl sites for hydroxylation is 1. The number of ether oxygens (including phenoxy) is 1. The van der Waals surface area contributed by atoms with Crippen molar-refractivity contribution < 1.29 is 4.74 Å². The molecular weight excluding hydrogens is 304 g/mol. The molecule has 0 aliphatic carbocycles. The monoisotopic (exact) mass is 318 g/mol. The topological polar surface area (TPSA) is 110 Å². The van der Waals surface area contributed by atoms with Crippen LogP contribution >= 0.6 is 0 Å². The zero-order chi connectivity index (χ0) is 17.4. The van der Waals surface area contributed by atoms with Crippen LogP contribution in [-0.2, 0) is 13.2 Å². The van der Waals surface area contributed by atoms with Gasteiger partial charge in [0.05, 0.1) is 11.9 Å². The van der Waals surface area contributed by atoms with E-state index < -0.39 is 0 Å². The number of allylic oxidation sites excluding steroid dienone is 2. The maximum Gasteiger partial charge on any atom is 0.163 e. The molecule has 0 saturated heterocycles. The summed E-state index contributed by atoms with van der Waals surface area (Å²) in [6.07, 6.45) is 3.61. The Kier molecular flexibility index (Phi) is 5.55. The molecule has 2 rings (SSSR count). The van der Waals surface area contributed by atoms with Gasteiger partial charge in [-0.05, 0) is 19.1 Å². The average molecular weight is 318 g/mol. The third kappa shape index (κ3) is 3.91. The Bertz CT molecular complexity index is 859. The highest BCUT2D eigenvalue weighted by Gasteiger charge is 2.10. The molecule has 1 aromatic carbocycles. The number of hydrogen-bond donors (Lipinski definition) is 1. The maximum absolute atomic E-state index is 9.12. The first-order valence-corrected chi connectivity index (χ1v) is 7.16. The van der Waals surface area contributed by atoms with Crippen LogP contribution in [0.2, 0.25) is 0 Å². The standard InChI is InChI=1S/C17H14N6O/c1-2-23-11-13(10-21-23)12-24-17-6-4-3-5-15(17)22-16(9-20)14(7-18)8-19/h3-6,10-11,22H,2,12H2,1H3. The Hall–Kier alpha value is -3.76. The van der Waals surface area contributed by atoms with Gasteiger partial charge in [-0.1, -0.05) is 12.1 Å². The second-order valence-corrected chi connectivity index (χ2v) is 4.70. The number of nitrogens with one attached hydrogen (secondary N) is 1. The number of anilines is 1. The van der Waals surface area contributed by atoms with Gasteiger partial charge in [-0.15, -0.1) is 0 Å². The van der Waals surface area contributed by atoms with Gasteiger partial charge in [0.2, 0.25) is 0 Å². The lowest BCUT2D eigenvalue weighted by Gasteiger charge is -2.12. The predicted molar refractivity (Wildman–Crippen MR) is 86.2 cm³/mol. The van der Waals surface area contributed by atoms with Crippen LogP contribution < -0.4 is 10.1 Å². The van der Waals surface area contributed by atoms with E-state index in [9.17, 15) is 0 Å². The highest BCUT2D eigenvalue weighted by molar-refractivity contribution is 5.64. The molecule has 0 saturated carbocycles. The largest absolute Gasteiger partial charge is 0.487 e. The highest BCUT2D eigenvalue weighted by Crippen LogP contribution is 2.26. The molecule has 1 aromatic heterocycles. The third-order valence-corrected chi connectivity index (χ3v) is 3.14. The summed E-state index contributed by atoms with van der Waals surface area (Å²) < 4.78 is 7.56. The molecule has 0 aliphatic heterocycles. The van der Waals surface area contributed by atoms with E-state index in [1.165, 1.54) is 0 Å². The lowest BCUT2D eigenvalue weighted by molar-refractivity contribution is 0.307. The van der Waals surface area contributed by atoms with Crippen molar-refractivity contribution in [3.8, 4) is 24.0 Å². The molecule has 7 heteroatoms. The van der Waals surface area contributed by atoms with Crippen molar-refractivity contribution in [2.45, 2.75) is 20.1 Å². The number of benzene rings is 1. The zero-order valence-corrected chi connectivity index (χ0v) is 13.0. The van der Waals surface area contributed by atoms with E-state index in [0.29, 0.717) is 18.0 Å². The summed E-state index contributed by atoms with van der Waals surface area (Å²) in [4.78, 5) is 0. The Morgan fingerprint density at radius 2 is 1.96 bits per heavy atom. The molecule has 0 spiro atoms. The van der Waals surface area contributed by atoms with E-state index in [2.05, 4.69) is 10.4 Å². The number of rotatable bonds is 6. The first-order chi connectivity index (χ1) is 11.7. The van der Waals surface area contributed by atoms with Crippen molar-refractivity contribution in [3.05, 3.63) is 53.5 Å². The first-order valence-electron chi connectivity index (χ1n) is 7.16.